The number of urea groups is 1. The minimum atomic E-state index is -1.21. The van der Waals surface area contributed by atoms with E-state index in [4.69, 9.17) is 31.0 Å². The van der Waals surface area contributed by atoms with Crippen LogP contribution in [0.1, 0.15) is 98.0 Å². The van der Waals surface area contributed by atoms with Crippen LogP contribution in [0.3, 0.4) is 0 Å². The Hall–Kier alpha value is -6.15. The number of benzene rings is 1. The van der Waals surface area contributed by atoms with Crippen molar-refractivity contribution >= 4 is 53.3 Å². The second-order valence-electron chi connectivity index (χ2n) is 11.5. The fraction of sp³-hybridized carbons (Fsp3) is 0.515. The van der Waals surface area contributed by atoms with Gasteiger partial charge in [-0.15, -0.1) is 5.10 Å². The molecule has 0 aliphatic carbocycles. The van der Waals surface area contributed by atoms with Gasteiger partial charge in [0.1, 0.15) is 12.6 Å². The lowest BCUT2D eigenvalue weighted by Crippen LogP contribution is -2.43. The second-order valence-corrected chi connectivity index (χ2v) is 11.5. The number of carboxylic acids is 4. The smallest absolute Gasteiger partial charge is 0.326 e. The normalized spacial score (nSPS) is 10.6. The molecule has 0 saturated heterocycles. The number of rotatable bonds is 22. The molecule has 0 aliphatic rings. The van der Waals surface area contributed by atoms with Crippen LogP contribution in [-0.4, -0.2) is 109 Å². The summed E-state index contributed by atoms with van der Waals surface area (Å²) in [6.45, 7) is 3.06. The van der Waals surface area contributed by atoms with Gasteiger partial charge in [-0.3, -0.25) is 33.2 Å². The van der Waals surface area contributed by atoms with Gasteiger partial charge in [-0.2, -0.15) is 0 Å². The maximum absolute atomic E-state index is 12.9. The number of aromatic nitrogens is 3. The third-order valence-electron chi connectivity index (χ3n) is 6.62. The van der Waals surface area contributed by atoms with E-state index >= 15 is 0 Å². The van der Waals surface area contributed by atoms with Crippen molar-refractivity contribution in [2.24, 2.45) is 5.73 Å². The Balaban J connectivity index is 0.00000184. The van der Waals surface area contributed by atoms with E-state index in [1.807, 2.05) is 6.92 Å². The van der Waals surface area contributed by atoms with E-state index in [-0.39, 0.29) is 55.6 Å². The van der Waals surface area contributed by atoms with Gasteiger partial charge >= 0.3 is 23.9 Å². The molecule has 0 saturated carbocycles. The zero-order valence-electron chi connectivity index (χ0n) is 30.1. The van der Waals surface area contributed by atoms with Crippen molar-refractivity contribution in [3.05, 3.63) is 41.2 Å². The number of anilines is 1. The number of carbonyl (C=O) groups is 8. The molecule has 1 heterocycles. The van der Waals surface area contributed by atoms with Crippen LogP contribution in [0.25, 0.3) is 0 Å². The van der Waals surface area contributed by atoms with E-state index in [2.05, 4.69) is 31.6 Å². The predicted octanol–water partition coefficient (Wildman–Crippen LogP) is 1.79. The highest BCUT2D eigenvalue weighted by Crippen LogP contribution is 2.16. The van der Waals surface area contributed by atoms with Gasteiger partial charge in [0.2, 0.25) is 5.91 Å². The number of unbranched alkanes of at least 4 members (excludes halogenated alkanes) is 2. The standard InChI is InChI=1S/C26H37FN8O6.C5H8O4.C2H4O2/c1-2-3-10-29-23(37)17-12-18(24(38)30-11-5-4-8-21(25(39)40)32-26(28)41)14-20(13-17)31-22(36)16-35-15-19(33-34-35)7-6-9-27;6-4(7)2-1-3-5(8)9;1-2(3)4/h12-15,21H,2-11,16H2,1H3,(H,29,37)(H,30,38)(H,31,36)(H,39,40)(H3,28,32,41);1-3H2,(H,6,7)(H,8,9);1H3,(H,3,4)/t21-;;/m0../s1. The fourth-order valence-electron chi connectivity index (χ4n) is 4.17. The van der Waals surface area contributed by atoms with Crippen LogP contribution in [-0.2, 0) is 36.9 Å². The molecule has 1 atom stereocenters. The fourth-order valence-corrected chi connectivity index (χ4v) is 4.17. The Kier molecular flexibility index (Phi) is 24.4. The lowest BCUT2D eigenvalue weighted by molar-refractivity contribution is -0.140. The van der Waals surface area contributed by atoms with Crippen LogP contribution < -0.4 is 27.0 Å². The van der Waals surface area contributed by atoms with Gasteiger partial charge in [0.15, 0.2) is 0 Å². The van der Waals surface area contributed by atoms with Crippen molar-refractivity contribution in [2.45, 2.75) is 90.6 Å². The van der Waals surface area contributed by atoms with E-state index < -0.39 is 60.3 Å². The molecular weight excluding hydrogens is 719 g/mol. The Morgan fingerprint density at radius 2 is 1.39 bits per heavy atom. The number of carbonyl (C=O) groups excluding carboxylic acids is 4. The first kappa shape index (κ1) is 47.8. The molecule has 2 aromatic rings. The Bertz CT molecular complexity index is 1530. The van der Waals surface area contributed by atoms with Crippen LogP contribution in [0.4, 0.5) is 14.9 Å². The number of nitrogens with two attached hydrogens (primary N) is 1. The van der Waals surface area contributed by atoms with E-state index in [1.54, 1.807) is 6.20 Å². The molecule has 54 heavy (non-hydrogen) atoms. The van der Waals surface area contributed by atoms with Crippen molar-refractivity contribution in [3.63, 3.8) is 0 Å². The van der Waals surface area contributed by atoms with Gasteiger partial charge in [-0.1, -0.05) is 18.6 Å². The highest BCUT2D eigenvalue weighted by Gasteiger charge is 2.18. The number of nitrogens with zero attached hydrogens (tertiary/aromatic N) is 3. The topological polar surface area (TPSA) is 322 Å². The van der Waals surface area contributed by atoms with Crippen LogP contribution in [0.15, 0.2) is 24.4 Å². The number of nitrogens with one attached hydrogen (secondary N) is 4. The van der Waals surface area contributed by atoms with Crippen molar-refractivity contribution in [1.82, 2.24) is 30.9 Å². The minimum Gasteiger partial charge on any atom is -0.481 e. The molecule has 10 N–H and O–H groups in total. The van der Waals surface area contributed by atoms with Gasteiger partial charge < -0.3 is 47.4 Å². The quantitative estimate of drug-likeness (QED) is 0.0772. The first-order valence-electron chi connectivity index (χ1n) is 16.9. The maximum atomic E-state index is 12.9. The number of amides is 5. The molecule has 1 aromatic carbocycles. The number of carboxylic acid groups (broad SMARTS) is 4. The first-order chi connectivity index (χ1) is 25.5. The summed E-state index contributed by atoms with van der Waals surface area (Å²) in [4.78, 5) is 88.9. The molecule has 0 radical (unpaired) electrons. The molecule has 21 heteroatoms. The summed E-state index contributed by atoms with van der Waals surface area (Å²) in [7, 11) is 0. The molecule has 5 amide bonds. The van der Waals surface area contributed by atoms with E-state index in [0.717, 1.165) is 19.8 Å². The first-order valence-corrected chi connectivity index (χ1v) is 16.9. The van der Waals surface area contributed by atoms with Gasteiger partial charge in [0, 0.05) is 55.9 Å². The highest BCUT2D eigenvalue weighted by molar-refractivity contribution is 6.02. The molecular formula is C33H49FN8O12. The number of aliphatic carboxylic acids is 4. The summed E-state index contributed by atoms with van der Waals surface area (Å²) in [6.07, 6.45) is 4.93. The molecule has 0 unspecified atom stereocenters. The second kappa shape index (κ2) is 27.5. The predicted molar refractivity (Wildman–Crippen MR) is 189 cm³/mol. The average molecular weight is 769 g/mol. The highest BCUT2D eigenvalue weighted by atomic mass is 19.1. The Labute approximate surface area is 310 Å². The van der Waals surface area contributed by atoms with Crippen LogP contribution >= 0.6 is 0 Å². The number of aryl methyl sites for hydroxylation is 1. The summed E-state index contributed by atoms with van der Waals surface area (Å²) < 4.78 is 13.7. The van der Waals surface area contributed by atoms with Crippen molar-refractivity contribution in [2.75, 3.05) is 25.1 Å². The lowest BCUT2D eigenvalue weighted by Gasteiger charge is -2.13. The summed E-state index contributed by atoms with van der Waals surface area (Å²) in [6, 6.07) is 2.24. The van der Waals surface area contributed by atoms with Crippen LogP contribution in [0.2, 0.25) is 0 Å². The monoisotopic (exact) mass is 768 g/mol. The number of hydrogen-bond acceptors (Lipinski definition) is 10. The summed E-state index contributed by atoms with van der Waals surface area (Å²) in [5, 5.41) is 50.7. The SMILES string of the molecule is CC(=O)O.CCCCNC(=O)c1cc(NC(=O)Cn2cc(CCCF)nn2)cc(C(=O)NCCCC[C@H](NC(N)=O)C(=O)O)c1.O=C(O)CCCC(=O)O. The van der Waals surface area contributed by atoms with Gasteiger partial charge in [-0.05, 0) is 63.1 Å². The Morgan fingerprint density at radius 3 is 1.87 bits per heavy atom. The summed E-state index contributed by atoms with van der Waals surface area (Å²) >= 11 is 0. The third-order valence-corrected chi connectivity index (χ3v) is 6.62. The molecule has 20 nitrogen and oxygen atoms in total. The van der Waals surface area contributed by atoms with Gasteiger partial charge in [0.25, 0.3) is 17.8 Å². The maximum Gasteiger partial charge on any atom is 0.326 e. The lowest BCUT2D eigenvalue weighted by atomic mass is 10.1. The zero-order chi connectivity index (χ0) is 41.1. The average Bonchev–Trinajstić information content (AvgIpc) is 3.52. The molecule has 0 fully saturated rings. The van der Waals surface area contributed by atoms with Crippen molar-refractivity contribution in [1.29, 1.82) is 0 Å². The summed E-state index contributed by atoms with van der Waals surface area (Å²) in [5.41, 5.74) is 6.09. The minimum absolute atomic E-state index is 0.0632. The molecule has 2 rings (SSSR count). The van der Waals surface area contributed by atoms with E-state index in [9.17, 15) is 38.0 Å². The van der Waals surface area contributed by atoms with Gasteiger partial charge in [0.05, 0.1) is 12.4 Å². The molecule has 0 aliphatic heterocycles. The largest absolute Gasteiger partial charge is 0.481 e. The number of halogens is 1. The number of hydrogen-bond donors (Lipinski definition) is 9. The van der Waals surface area contributed by atoms with Crippen LogP contribution in [0.5, 0.6) is 0 Å². The molecule has 300 valence electrons. The zero-order valence-corrected chi connectivity index (χ0v) is 30.1. The number of primary amides is 1. The van der Waals surface area contributed by atoms with E-state index in [1.165, 1.54) is 22.9 Å². The van der Waals surface area contributed by atoms with Gasteiger partial charge in [-0.25, -0.2) is 14.3 Å². The van der Waals surface area contributed by atoms with E-state index in [0.29, 0.717) is 37.9 Å². The molecule has 1 aromatic heterocycles. The van der Waals surface area contributed by atoms with Crippen molar-refractivity contribution < 1.29 is 63.2 Å². The molecule has 0 bridgehead atoms. The van der Waals surface area contributed by atoms with Crippen molar-refractivity contribution in [3.8, 4) is 0 Å². The third kappa shape index (κ3) is 24.1. The summed E-state index contributed by atoms with van der Waals surface area (Å²) in [5.74, 6) is -5.31. The van der Waals surface area contributed by atoms with Crippen LogP contribution in [0, 0.1) is 0 Å². The molecule has 0 spiro atoms. The Morgan fingerprint density at radius 1 is 0.833 bits per heavy atom. The number of alkyl halides is 1.